The second kappa shape index (κ2) is 5.45. The van der Waals surface area contributed by atoms with Gasteiger partial charge in [0.1, 0.15) is 6.54 Å². The van der Waals surface area contributed by atoms with Gasteiger partial charge in [0.25, 0.3) is 0 Å². The van der Waals surface area contributed by atoms with Crippen molar-refractivity contribution in [3.63, 3.8) is 0 Å². The SMILES string of the molecule is CC1CN(C(=O)Cn2cc(CN)nn2)CCC1O. The molecule has 2 atom stereocenters. The number of aliphatic hydroxyl groups is 1. The number of amides is 1. The average molecular weight is 253 g/mol. The molecule has 1 fully saturated rings. The molecule has 7 heteroatoms. The lowest BCUT2D eigenvalue weighted by Gasteiger charge is -2.34. The van der Waals surface area contributed by atoms with Crippen LogP contribution in [0.2, 0.25) is 0 Å². The summed E-state index contributed by atoms with van der Waals surface area (Å²) in [7, 11) is 0. The van der Waals surface area contributed by atoms with Crippen molar-refractivity contribution in [1.82, 2.24) is 19.9 Å². The Morgan fingerprint density at radius 1 is 1.67 bits per heavy atom. The fourth-order valence-corrected chi connectivity index (χ4v) is 2.11. The molecule has 2 unspecified atom stereocenters. The van der Waals surface area contributed by atoms with Gasteiger partial charge in [-0.2, -0.15) is 0 Å². The number of nitrogens with two attached hydrogens (primary N) is 1. The zero-order valence-corrected chi connectivity index (χ0v) is 10.5. The van der Waals surface area contributed by atoms with E-state index in [4.69, 9.17) is 5.73 Å². The van der Waals surface area contributed by atoms with Gasteiger partial charge < -0.3 is 15.7 Å². The number of hydrogen-bond donors (Lipinski definition) is 2. The summed E-state index contributed by atoms with van der Waals surface area (Å²) in [5, 5.41) is 17.3. The van der Waals surface area contributed by atoms with Crippen molar-refractivity contribution in [3.8, 4) is 0 Å². The van der Waals surface area contributed by atoms with Crippen LogP contribution in [0, 0.1) is 5.92 Å². The molecule has 1 aromatic rings. The van der Waals surface area contributed by atoms with Crippen LogP contribution in [-0.2, 0) is 17.9 Å². The summed E-state index contributed by atoms with van der Waals surface area (Å²) < 4.78 is 1.50. The van der Waals surface area contributed by atoms with Gasteiger partial charge in [-0.3, -0.25) is 4.79 Å². The number of piperidine rings is 1. The van der Waals surface area contributed by atoms with Crippen LogP contribution >= 0.6 is 0 Å². The van der Waals surface area contributed by atoms with E-state index in [1.54, 1.807) is 11.1 Å². The zero-order valence-electron chi connectivity index (χ0n) is 10.5. The normalized spacial score (nSPS) is 24.3. The molecule has 100 valence electrons. The molecule has 1 aliphatic heterocycles. The molecule has 3 N–H and O–H groups in total. The first-order valence-electron chi connectivity index (χ1n) is 6.15. The Balaban J connectivity index is 1.91. The van der Waals surface area contributed by atoms with Crippen LogP contribution in [-0.4, -0.2) is 50.1 Å². The van der Waals surface area contributed by atoms with Crippen LogP contribution in [0.5, 0.6) is 0 Å². The van der Waals surface area contributed by atoms with Gasteiger partial charge in [-0.05, 0) is 12.3 Å². The number of aromatic nitrogens is 3. The number of nitrogens with zero attached hydrogens (tertiary/aromatic N) is 4. The molecule has 7 nitrogen and oxygen atoms in total. The predicted octanol–water partition coefficient (Wildman–Crippen LogP) is -1.03. The lowest BCUT2D eigenvalue weighted by Crippen LogP contribution is -2.46. The minimum Gasteiger partial charge on any atom is -0.393 e. The summed E-state index contributed by atoms with van der Waals surface area (Å²) in [5.41, 5.74) is 6.10. The summed E-state index contributed by atoms with van der Waals surface area (Å²) in [6.07, 6.45) is 2.02. The molecule has 1 aromatic heterocycles. The molecule has 2 rings (SSSR count). The molecule has 0 saturated carbocycles. The summed E-state index contributed by atoms with van der Waals surface area (Å²) in [4.78, 5) is 13.8. The first-order valence-corrected chi connectivity index (χ1v) is 6.15. The van der Waals surface area contributed by atoms with E-state index < -0.39 is 0 Å². The van der Waals surface area contributed by atoms with E-state index in [0.29, 0.717) is 31.7 Å². The van der Waals surface area contributed by atoms with Crippen molar-refractivity contribution < 1.29 is 9.90 Å². The number of likely N-dealkylation sites (tertiary alicyclic amines) is 1. The maximum Gasteiger partial charge on any atom is 0.244 e. The maximum absolute atomic E-state index is 12.0. The van der Waals surface area contributed by atoms with Crippen molar-refractivity contribution in [2.45, 2.75) is 32.5 Å². The lowest BCUT2D eigenvalue weighted by molar-refractivity contribution is -0.135. The van der Waals surface area contributed by atoms with E-state index in [1.807, 2.05) is 6.92 Å². The van der Waals surface area contributed by atoms with Crippen LogP contribution < -0.4 is 5.73 Å². The maximum atomic E-state index is 12.0. The van der Waals surface area contributed by atoms with Gasteiger partial charge in [-0.1, -0.05) is 12.1 Å². The number of aliphatic hydroxyl groups excluding tert-OH is 1. The molecule has 0 aromatic carbocycles. The molecule has 0 spiro atoms. The highest BCUT2D eigenvalue weighted by Gasteiger charge is 2.27. The van der Waals surface area contributed by atoms with Crippen molar-refractivity contribution >= 4 is 5.91 Å². The fourth-order valence-electron chi connectivity index (χ4n) is 2.11. The summed E-state index contributed by atoms with van der Waals surface area (Å²) >= 11 is 0. The van der Waals surface area contributed by atoms with Crippen LogP contribution in [0.1, 0.15) is 19.0 Å². The molecule has 2 heterocycles. The second-order valence-electron chi connectivity index (χ2n) is 4.78. The minimum absolute atomic E-state index is 0.00206. The first kappa shape index (κ1) is 13.0. The van der Waals surface area contributed by atoms with Crippen LogP contribution in [0.15, 0.2) is 6.20 Å². The molecular weight excluding hydrogens is 234 g/mol. The third-order valence-electron chi connectivity index (χ3n) is 3.31. The Morgan fingerprint density at radius 2 is 2.44 bits per heavy atom. The van der Waals surface area contributed by atoms with E-state index >= 15 is 0 Å². The largest absolute Gasteiger partial charge is 0.393 e. The topological polar surface area (TPSA) is 97.3 Å². The summed E-state index contributed by atoms with van der Waals surface area (Å²) in [6.45, 7) is 3.64. The molecule has 0 aliphatic carbocycles. The van der Waals surface area contributed by atoms with Crippen molar-refractivity contribution in [2.24, 2.45) is 11.7 Å². The molecule has 0 bridgehead atoms. The van der Waals surface area contributed by atoms with Crippen LogP contribution in [0.3, 0.4) is 0 Å². The van der Waals surface area contributed by atoms with E-state index in [1.165, 1.54) is 4.68 Å². The third kappa shape index (κ3) is 2.85. The van der Waals surface area contributed by atoms with Gasteiger partial charge in [-0.25, -0.2) is 4.68 Å². The monoisotopic (exact) mass is 253 g/mol. The molecule has 1 saturated heterocycles. The van der Waals surface area contributed by atoms with Crippen molar-refractivity contribution in [1.29, 1.82) is 0 Å². The Kier molecular flexibility index (Phi) is 3.93. The lowest BCUT2D eigenvalue weighted by atomic mass is 9.97. The van der Waals surface area contributed by atoms with E-state index in [0.717, 1.165) is 0 Å². The van der Waals surface area contributed by atoms with Gasteiger partial charge >= 0.3 is 0 Å². The Hall–Kier alpha value is -1.47. The average Bonchev–Trinajstić information content (AvgIpc) is 2.80. The van der Waals surface area contributed by atoms with E-state index in [9.17, 15) is 9.90 Å². The van der Waals surface area contributed by atoms with Crippen LogP contribution in [0.25, 0.3) is 0 Å². The van der Waals surface area contributed by atoms with Gasteiger partial charge in [0.15, 0.2) is 0 Å². The molecule has 18 heavy (non-hydrogen) atoms. The highest BCUT2D eigenvalue weighted by molar-refractivity contribution is 5.76. The number of carbonyl (C=O) groups excluding carboxylic acids is 1. The highest BCUT2D eigenvalue weighted by atomic mass is 16.3. The Bertz CT molecular complexity index is 419. The third-order valence-corrected chi connectivity index (χ3v) is 3.31. The number of rotatable bonds is 3. The number of hydrogen-bond acceptors (Lipinski definition) is 5. The van der Waals surface area contributed by atoms with Gasteiger partial charge in [0, 0.05) is 19.6 Å². The van der Waals surface area contributed by atoms with E-state index in [-0.39, 0.29) is 24.5 Å². The van der Waals surface area contributed by atoms with Gasteiger partial charge in [0.2, 0.25) is 5.91 Å². The van der Waals surface area contributed by atoms with Crippen molar-refractivity contribution in [3.05, 3.63) is 11.9 Å². The molecule has 1 aliphatic rings. The van der Waals surface area contributed by atoms with Crippen LogP contribution in [0.4, 0.5) is 0 Å². The predicted molar refractivity (Wildman–Crippen MR) is 64.3 cm³/mol. The second-order valence-corrected chi connectivity index (χ2v) is 4.78. The smallest absolute Gasteiger partial charge is 0.244 e. The highest BCUT2D eigenvalue weighted by Crippen LogP contribution is 2.16. The van der Waals surface area contributed by atoms with Crippen molar-refractivity contribution in [2.75, 3.05) is 13.1 Å². The molecule has 1 amide bonds. The molecule has 0 radical (unpaired) electrons. The fraction of sp³-hybridized carbons (Fsp3) is 0.727. The zero-order chi connectivity index (χ0) is 13.1. The first-order chi connectivity index (χ1) is 8.60. The Morgan fingerprint density at radius 3 is 3.06 bits per heavy atom. The summed E-state index contributed by atoms with van der Waals surface area (Å²) in [5.74, 6) is 0.125. The quantitative estimate of drug-likeness (QED) is 0.717. The standard InChI is InChI=1S/C11H19N5O2/c1-8-5-15(3-2-10(8)17)11(18)7-16-6-9(4-12)13-14-16/h6,8,10,17H,2-5,7,12H2,1H3. The minimum atomic E-state index is -0.302. The Labute approximate surface area is 106 Å². The number of carbonyl (C=O) groups is 1. The van der Waals surface area contributed by atoms with E-state index in [2.05, 4.69) is 10.3 Å². The van der Waals surface area contributed by atoms with Gasteiger partial charge in [0.05, 0.1) is 18.0 Å². The summed E-state index contributed by atoms with van der Waals surface area (Å²) in [6, 6.07) is 0. The molecular formula is C11H19N5O2. The van der Waals surface area contributed by atoms with Gasteiger partial charge in [-0.15, -0.1) is 5.10 Å².